The Balaban J connectivity index is 1.77. The molecule has 0 saturated carbocycles. The monoisotopic (exact) mass is 438 g/mol. The number of carbonyl (C=O) groups is 2. The van der Waals surface area contributed by atoms with Crippen molar-refractivity contribution in [3.8, 4) is 11.5 Å². The van der Waals surface area contributed by atoms with Gasteiger partial charge in [0.25, 0.3) is 5.91 Å². The molecule has 3 rings (SSSR count). The molecule has 1 heterocycles. The highest BCUT2D eigenvalue weighted by molar-refractivity contribution is 6.01. The van der Waals surface area contributed by atoms with Crippen LogP contribution in [0.25, 0.3) is 11.0 Å². The largest absolute Gasteiger partial charge is 0.490 e. The zero-order valence-corrected chi connectivity index (χ0v) is 18.9. The van der Waals surface area contributed by atoms with E-state index in [-0.39, 0.29) is 17.7 Å². The van der Waals surface area contributed by atoms with Crippen LogP contribution in [0.5, 0.6) is 11.5 Å². The lowest BCUT2D eigenvalue weighted by Gasteiger charge is -2.23. The van der Waals surface area contributed by atoms with Crippen molar-refractivity contribution < 1.29 is 19.1 Å². The Morgan fingerprint density at radius 2 is 1.75 bits per heavy atom. The maximum atomic E-state index is 13.0. The van der Waals surface area contributed by atoms with Crippen molar-refractivity contribution >= 4 is 28.8 Å². The number of imidazole rings is 1. The van der Waals surface area contributed by atoms with E-state index in [1.807, 2.05) is 52.0 Å². The van der Waals surface area contributed by atoms with E-state index in [0.29, 0.717) is 42.6 Å². The zero-order valence-electron chi connectivity index (χ0n) is 18.9. The molecule has 0 aliphatic carbocycles. The number of nitrogens with zero attached hydrogens (tertiary/aromatic N) is 1. The van der Waals surface area contributed by atoms with Crippen molar-refractivity contribution in [3.05, 3.63) is 48.0 Å². The number of rotatable bonds is 10. The lowest BCUT2D eigenvalue weighted by atomic mass is 9.98. The number of hydrogen-bond acceptors (Lipinski definition) is 5. The van der Waals surface area contributed by atoms with E-state index < -0.39 is 6.04 Å². The Morgan fingerprint density at radius 1 is 1.03 bits per heavy atom. The van der Waals surface area contributed by atoms with Crippen LogP contribution in [0.15, 0.2) is 42.5 Å². The minimum Gasteiger partial charge on any atom is -0.490 e. The third-order valence-corrected chi connectivity index (χ3v) is 5.22. The van der Waals surface area contributed by atoms with Crippen LogP contribution < -0.4 is 20.1 Å². The maximum absolute atomic E-state index is 13.0. The Kier molecular flexibility index (Phi) is 7.70. The zero-order chi connectivity index (χ0) is 23.1. The van der Waals surface area contributed by atoms with Gasteiger partial charge in [-0.1, -0.05) is 32.4 Å². The molecule has 2 unspecified atom stereocenters. The number of aromatic nitrogens is 2. The topological polar surface area (TPSA) is 105 Å². The maximum Gasteiger partial charge on any atom is 0.252 e. The summed E-state index contributed by atoms with van der Waals surface area (Å²) in [6, 6.07) is 11.8. The summed E-state index contributed by atoms with van der Waals surface area (Å²) in [4.78, 5) is 33.5. The number of aromatic amines is 1. The minimum atomic E-state index is -0.733. The highest BCUT2D eigenvalue weighted by Gasteiger charge is 2.27. The fourth-order valence-electron chi connectivity index (χ4n) is 3.33. The number of carbonyl (C=O) groups excluding carboxylic acids is 2. The first-order chi connectivity index (χ1) is 15.5. The van der Waals surface area contributed by atoms with E-state index in [1.165, 1.54) is 0 Å². The number of nitrogens with one attached hydrogen (secondary N) is 3. The SMILES string of the molecule is CCOc1ccc(C(=O)NC(C(=O)Nc2nc3ccccc3[nH]2)C(C)CC)cc1OCC. The van der Waals surface area contributed by atoms with Gasteiger partial charge in [-0.2, -0.15) is 0 Å². The van der Waals surface area contributed by atoms with Gasteiger partial charge in [0.05, 0.1) is 24.2 Å². The minimum absolute atomic E-state index is 0.0858. The van der Waals surface area contributed by atoms with Gasteiger partial charge in [0, 0.05) is 5.56 Å². The van der Waals surface area contributed by atoms with Crippen molar-refractivity contribution in [2.75, 3.05) is 18.5 Å². The van der Waals surface area contributed by atoms with Crippen molar-refractivity contribution in [2.45, 2.75) is 40.2 Å². The smallest absolute Gasteiger partial charge is 0.252 e. The Bertz CT molecular complexity index is 1050. The van der Waals surface area contributed by atoms with Gasteiger partial charge in [0.15, 0.2) is 11.5 Å². The van der Waals surface area contributed by atoms with E-state index in [0.717, 1.165) is 11.0 Å². The van der Waals surface area contributed by atoms with Gasteiger partial charge in [-0.25, -0.2) is 4.98 Å². The average molecular weight is 439 g/mol. The first kappa shape index (κ1) is 23.1. The van der Waals surface area contributed by atoms with Gasteiger partial charge < -0.3 is 19.8 Å². The molecule has 8 nitrogen and oxygen atoms in total. The number of para-hydroxylation sites is 2. The highest BCUT2D eigenvalue weighted by Crippen LogP contribution is 2.28. The van der Waals surface area contributed by atoms with Crippen LogP contribution in [0.4, 0.5) is 5.95 Å². The number of anilines is 1. The average Bonchev–Trinajstić information content (AvgIpc) is 3.20. The summed E-state index contributed by atoms with van der Waals surface area (Å²) in [7, 11) is 0. The molecule has 0 saturated heterocycles. The summed E-state index contributed by atoms with van der Waals surface area (Å²) < 4.78 is 11.2. The fourth-order valence-corrected chi connectivity index (χ4v) is 3.33. The quantitative estimate of drug-likeness (QED) is 0.441. The van der Waals surface area contributed by atoms with Gasteiger partial charge in [-0.05, 0) is 50.1 Å². The molecule has 0 bridgehead atoms. The van der Waals surface area contributed by atoms with E-state index >= 15 is 0 Å². The lowest BCUT2D eigenvalue weighted by Crippen LogP contribution is -2.47. The number of H-pyrrole nitrogens is 1. The third-order valence-electron chi connectivity index (χ3n) is 5.22. The number of benzene rings is 2. The molecular formula is C24H30N4O4. The summed E-state index contributed by atoms with van der Waals surface area (Å²) in [5, 5.41) is 5.67. The van der Waals surface area contributed by atoms with Crippen LogP contribution in [0.2, 0.25) is 0 Å². The van der Waals surface area contributed by atoms with Gasteiger partial charge in [-0.15, -0.1) is 0 Å². The molecule has 3 N–H and O–H groups in total. The molecule has 0 spiro atoms. The standard InChI is InChI=1S/C24H30N4O4/c1-5-15(4)21(23(30)28-24-25-17-10-8-9-11-18(17)26-24)27-22(29)16-12-13-19(31-6-2)20(14-16)32-7-3/h8-15,21H,5-7H2,1-4H3,(H,27,29)(H2,25,26,28,30). The first-order valence-electron chi connectivity index (χ1n) is 10.9. The van der Waals surface area contributed by atoms with Gasteiger partial charge >= 0.3 is 0 Å². The molecule has 0 aliphatic heterocycles. The molecule has 2 amide bonds. The number of hydrogen-bond donors (Lipinski definition) is 3. The summed E-state index contributed by atoms with van der Waals surface area (Å²) in [5.41, 5.74) is 1.97. The molecule has 3 aromatic rings. The summed E-state index contributed by atoms with van der Waals surface area (Å²) in [6.45, 7) is 8.58. The van der Waals surface area contributed by atoms with Gasteiger partial charge in [-0.3, -0.25) is 14.9 Å². The molecule has 0 radical (unpaired) electrons. The molecule has 0 fully saturated rings. The van der Waals surface area contributed by atoms with Crippen molar-refractivity contribution in [2.24, 2.45) is 5.92 Å². The van der Waals surface area contributed by atoms with Gasteiger partial charge in [0.1, 0.15) is 6.04 Å². The second kappa shape index (κ2) is 10.7. The van der Waals surface area contributed by atoms with Gasteiger partial charge in [0.2, 0.25) is 11.9 Å². The summed E-state index contributed by atoms with van der Waals surface area (Å²) in [6.07, 6.45) is 0.714. The summed E-state index contributed by atoms with van der Waals surface area (Å²) in [5.74, 6) is 0.637. The Morgan fingerprint density at radius 3 is 2.44 bits per heavy atom. The van der Waals surface area contributed by atoms with Crippen LogP contribution in [0, 0.1) is 5.92 Å². The second-order valence-corrected chi connectivity index (χ2v) is 7.46. The predicted octanol–water partition coefficient (Wildman–Crippen LogP) is 4.14. The predicted molar refractivity (Wildman–Crippen MR) is 124 cm³/mol. The summed E-state index contributed by atoms with van der Waals surface area (Å²) >= 11 is 0. The number of ether oxygens (including phenoxy) is 2. The van der Waals surface area contributed by atoms with Crippen LogP contribution in [0.1, 0.15) is 44.5 Å². The molecular weight excluding hydrogens is 408 g/mol. The van der Waals surface area contributed by atoms with Crippen molar-refractivity contribution in [1.82, 2.24) is 15.3 Å². The lowest BCUT2D eigenvalue weighted by molar-refractivity contribution is -0.119. The first-order valence-corrected chi connectivity index (χ1v) is 10.9. The fraction of sp³-hybridized carbons (Fsp3) is 0.375. The Labute approximate surface area is 187 Å². The van der Waals surface area contributed by atoms with E-state index in [9.17, 15) is 9.59 Å². The normalized spacial score (nSPS) is 12.8. The van der Waals surface area contributed by atoms with E-state index in [4.69, 9.17) is 9.47 Å². The van der Waals surface area contributed by atoms with Crippen molar-refractivity contribution in [1.29, 1.82) is 0 Å². The number of fused-ring (bicyclic) bond motifs is 1. The molecule has 170 valence electrons. The molecule has 2 atom stereocenters. The number of amides is 2. The highest BCUT2D eigenvalue weighted by atomic mass is 16.5. The van der Waals surface area contributed by atoms with Crippen LogP contribution in [-0.2, 0) is 4.79 Å². The van der Waals surface area contributed by atoms with E-state index in [1.54, 1.807) is 18.2 Å². The second-order valence-electron chi connectivity index (χ2n) is 7.46. The molecule has 8 heteroatoms. The molecule has 0 aliphatic rings. The molecule has 32 heavy (non-hydrogen) atoms. The van der Waals surface area contributed by atoms with Crippen LogP contribution in [0.3, 0.4) is 0 Å². The van der Waals surface area contributed by atoms with E-state index in [2.05, 4.69) is 20.6 Å². The Hall–Kier alpha value is -3.55. The van der Waals surface area contributed by atoms with Crippen LogP contribution >= 0.6 is 0 Å². The van der Waals surface area contributed by atoms with Crippen molar-refractivity contribution in [3.63, 3.8) is 0 Å². The molecule has 1 aromatic heterocycles. The molecule has 2 aromatic carbocycles. The van der Waals surface area contributed by atoms with Crippen LogP contribution in [-0.4, -0.2) is 41.0 Å². The third kappa shape index (κ3) is 5.38.